The molecule has 1 saturated heterocycles. The molecule has 1 aromatic heterocycles. The predicted molar refractivity (Wildman–Crippen MR) is 80.0 cm³/mol. The zero-order valence-electron chi connectivity index (χ0n) is 12.6. The van der Waals surface area contributed by atoms with Gasteiger partial charge in [0.15, 0.2) is 23.3 Å². The first-order chi connectivity index (χ1) is 11.0. The summed E-state index contributed by atoms with van der Waals surface area (Å²) in [5.41, 5.74) is -0.241. The van der Waals surface area contributed by atoms with Crippen molar-refractivity contribution < 1.29 is 13.2 Å². The van der Waals surface area contributed by atoms with Crippen LogP contribution in [0, 0.1) is 23.4 Å². The molecule has 0 radical (unpaired) electrons. The Bertz CT molecular complexity index is 710. The fourth-order valence-corrected chi connectivity index (χ4v) is 2.64. The van der Waals surface area contributed by atoms with E-state index in [1.54, 1.807) is 0 Å². The van der Waals surface area contributed by atoms with E-state index in [0.717, 1.165) is 31.6 Å². The van der Waals surface area contributed by atoms with Crippen LogP contribution < -0.4 is 10.2 Å². The van der Waals surface area contributed by atoms with E-state index in [1.807, 2.05) is 0 Å². The highest BCUT2D eigenvalue weighted by atomic mass is 19.2. The predicted octanol–water partition coefficient (Wildman–Crippen LogP) is 3.27. The quantitative estimate of drug-likeness (QED) is 0.879. The molecule has 0 saturated carbocycles. The number of benzene rings is 1. The van der Waals surface area contributed by atoms with Gasteiger partial charge < -0.3 is 10.2 Å². The number of aromatic nitrogens is 3. The van der Waals surface area contributed by atoms with Crippen molar-refractivity contribution in [3.05, 3.63) is 35.8 Å². The van der Waals surface area contributed by atoms with Crippen molar-refractivity contribution in [2.24, 2.45) is 5.92 Å². The van der Waals surface area contributed by atoms with E-state index in [1.165, 1.54) is 12.6 Å². The Kier molecular flexibility index (Phi) is 4.31. The second-order valence-corrected chi connectivity index (χ2v) is 5.68. The third-order valence-corrected chi connectivity index (χ3v) is 3.81. The summed E-state index contributed by atoms with van der Waals surface area (Å²) < 4.78 is 39.9. The lowest BCUT2D eigenvalue weighted by molar-refractivity contribution is 0.444. The zero-order valence-corrected chi connectivity index (χ0v) is 12.6. The van der Waals surface area contributed by atoms with Gasteiger partial charge in [-0.3, -0.25) is 0 Å². The van der Waals surface area contributed by atoms with Crippen molar-refractivity contribution in [1.29, 1.82) is 0 Å². The second-order valence-electron chi connectivity index (χ2n) is 5.68. The average Bonchev–Trinajstić information content (AvgIpc) is 2.56. The molecule has 2 heterocycles. The van der Waals surface area contributed by atoms with E-state index in [2.05, 4.69) is 32.3 Å². The summed E-state index contributed by atoms with van der Waals surface area (Å²) in [5.74, 6) is -2.89. The van der Waals surface area contributed by atoms with Gasteiger partial charge in [-0.1, -0.05) is 6.92 Å². The van der Waals surface area contributed by atoms with Crippen LogP contribution >= 0.6 is 0 Å². The minimum Gasteiger partial charge on any atom is -0.355 e. The molecule has 0 spiro atoms. The molecule has 1 unspecified atom stereocenters. The minimum absolute atomic E-state index is 0.0330. The van der Waals surface area contributed by atoms with Crippen molar-refractivity contribution in [2.45, 2.75) is 19.8 Å². The maximum atomic E-state index is 13.7. The molecule has 2 aromatic rings. The Hall–Kier alpha value is -2.38. The van der Waals surface area contributed by atoms with Gasteiger partial charge in [-0.15, -0.1) is 5.10 Å². The molecule has 1 fully saturated rings. The normalized spacial score (nSPS) is 18.1. The highest BCUT2D eigenvalue weighted by molar-refractivity contribution is 5.55. The van der Waals surface area contributed by atoms with Crippen molar-refractivity contribution >= 4 is 17.5 Å². The molecule has 1 aliphatic heterocycles. The van der Waals surface area contributed by atoms with Crippen molar-refractivity contribution in [2.75, 3.05) is 23.3 Å². The zero-order chi connectivity index (χ0) is 16.4. The summed E-state index contributed by atoms with van der Waals surface area (Å²) in [6.07, 6.45) is 3.76. The number of piperidine rings is 1. The average molecular weight is 323 g/mol. The van der Waals surface area contributed by atoms with E-state index in [4.69, 9.17) is 0 Å². The molecule has 0 aliphatic carbocycles. The van der Waals surface area contributed by atoms with Gasteiger partial charge in [0.25, 0.3) is 0 Å². The van der Waals surface area contributed by atoms with Crippen molar-refractivity contribution in [1.82, 2.24) is 15.2 Å². The number of rotatable bonds is 3. The Morgan fingerprint density at radius 2 is 2.04 bits per heavy atom. The summed E-state index contributed by atoms with van der Waals surface area (Å²) in [5, 5.41) is 10.1. The fourth-order valence-electron chi connectivity index (χ4n) is 2.64. The molecule has 8 heteroatoms. The third kappa shape index (κ3) is 3.35. The van der Waals surface area contributed by atoms with Crippen LogP contribution in [0.2, 0.25) is 0 Å². The van der Waals surface area contributed by atoms with E-state index >= 15 is 0 Å². The van der Waals surface area contributed by atoms with Gasteiger partial charge in [-0.2, -0.15) is 10.1 Å². The van der Waals surface area contributed by atoms with E-state index in [9.17, 15) is 13.2 Å². The molecule has 1 N–H and O–H groups in total. The van der Waals surface area contributed by atoms with E-state index in [-0.39, 0.29) is 11.6 Å². The van der Waals surface area contributed by atoms with Crippen molar-refractivity contribution in [3.63, 3.8) is 0 Å². The summed E-state index contributed by atoms with van der Waals surface area (Å²) >= 11 is 0. The Morgan fingerprint density at radius 1 is 1.22 bits per heavy atom. The fraction of sp³-hybridized carbons (Fsp3) is 0.400. The van der Waals surface area contributed by atoms with Gasteiger partial charge in [0.1, 0.15) is 0 Å². The second kappa shape index (κ2) is 6.39. The maximum Gasteiger partial charge on any atom is 0.249 e. The van der Waals surface area contributed by atoms with Gasteiger partial charge in [-0.25, -0.2) is 13.2 Å². The van der Waals surface area contributed by atoms with Gasteiger partial charge in [0.05, 0.1) is 11.9 Å². The van der Waals surface area contributed by atoms with Crippen LogP contribution in [-0.2, 0) is 0 Å². The van der Waals surface area contributed by atoms with Gasteiger partial charge in [-0.05, 0) is 30.9 Å². The minimum atomic E-state index is -1.54. The molecule has 23 heavy (non-hydrogen) atoms. The van der Waals surface area contributed by atoms with E-state index in [0.29, 0.717) is 11.7 Å². The Labute approximate surface area is 131 Å². The molecule has 3 rings (SSSR count). The highest BCUT2D eigenvalue weighted by Gasteiger charge is 2.19. The highest BCUT2D eigenvalue weighted by Crippen LogP contribution is 2.24. The van der Waals surface area contributed by atoms with Crippen LogP contribution in [0.3, 0.4) is 0 Å². The molecule has 122 valence electrons. The number of hydrogen-bond acceptors (Lipinski definition) is 5. The van der Waals surface area contributed by atoms with Crippen LogP contribution in [0.1, 0.15) is 19.8 Å². The molecule has 1 aromatic carbocycles. The standard InChI is InChI=1S/C15H16F3N5/c1-9-3-2-6-23(8-9)12-7-19-22-15(21-12)20-11-5-4-10(16)13(17)14(11)18/h4-5,7,9H,2-3,6,8H2,1H3,(H,20,21,22). The van der Waals surface area contributed by atoms with Gasteiger partial charge >= 0.3 is 0 Å². The topological polar surface area (TPSA) is 53.9 Å². The first-order valence-electron chi connectivity index (χ1n) is 7.40. The number of anilines is 3. The maximum absolute atomic E-state index is 13.7. The first-order valence-corrected chi connectivity index (χ1v) is 7.40. The first kappa shape index (κ1) is 15.5. The summed E-state index contributed by atoms with van der Waals surface area (Å²) in [6, 6.07) is 1.93. The van der Waals surface area contributed by atoms with Crippen LogP contribution in [0.25, 0.3) is 0 Å². The Morgan fingerprint density at radius 3 is 2.83 bits per heavy atom. The molecule has 1 aliphatic rings. The molecular weight excluding hydrogens is 307 g/mol. The van der Waals surface area contributed by atoms with Crippen LogP contribution in [-0.4, -0.2) is 28.3 Å². The third-order valence-electron chi connectivity index (χ3n) is 3.81. The van der Waals surface area contributed by atoms with Crippen LogP contribution in [0.5, 0.6) is 0 Å². The van der Waals surface area contributed by atoms with Gasteiger partial charge in [0.2, 0.25) is 5.95 Å². The molecular formula is C15H16F3N5. The van der Waals surface area contributed by atoms with Gasteiger partial charge in [0, 0.05) is 13.1 Å². The number of halogens is 3. The van der Waals surface area contributed by atoms with E-state index < -0.39 is 17.5 Å². The monoisotopic (exact) mass is 323 g/mol. The molecule has 0 amide bonds. The number of nitrogens with zero attached hydrogens (tertiary/aromatic N) is 4. The lowest BCUT2D eigenvalue weighted by Crippen LogP contribution is -2.35. The Balaban J connectivity index is 1.82. The smallest absolute Gasteiger partial charge is 0.249 e. The SMILES string of the molecule is CC1CCCN(c2cnnc(Nc3ccc(F)c(F)c3F)n2)C1. The summed E-state index contributed by atoms with van der Waals surface area (Å²) in [4.78, 5) is 6.36. The number of nitrogens with one attached hydrogen (secondary N) is 1. The lowest BCUT2D eigenvalue weighted by Gasteiger charge is -2.31. The molecule has 0 bridgehead atoms. The lowest BCUT2D eigenvalue weighted by atomic mass is 10.0. The van der Waals surface area contributed by atoms with Crippen LogP contribution in [0.4, 0.5) is 30.6 Å². The molecule has 1 atom stereocenters. The molecule has 5 nitrogen and oxygen atoms in total. The van der Waals surface area contributed by atoms with Crippen LogP contribution in [0.15, 0.2) is 18.3 Å². The summed E-state index contributed by atoms with van der Waals surface area (Å²) in [7, 11) is 0. The summed E-state index contributed by atoms with van der Waals surface area (Å²) in [6.45, 7) is 3.89. The van der Waals surface area contributed by atoms with Crippen molar-refractivity contribution in [3.8, 4) is 0 Å². The number of hydrogen-bond donors (Lipinski definition) is 1. The largest absolute Gasteiger partial charge is 0.355 e.